The summed E-state index contributed by atoms with van der Waals surface area (Å²) in [5.74, 6) is 5.32. The second-order valence-electron chi connectivity index (χ2n) is 3.69. The summed E-state index contributed by atoms with van der Waals surface area (Å²) in [6.07, 6.45) is 0.380. The molecule has 18 heavy (non-hydrogen) atoms. The van der Waals surface area contributed by atoms with Gasteiger partial charge in [-0.15, -0.1) is 5.10 Å². The molecule has 0 bridgehead atoms. The molecule has 1 aromatic heterocycles. The minimum absolute atomic E-state index is 0.222. The van der Waals surface area contributed by atoms with Crippen LogP contribution in [-0.2, 0) is 6.42 Å². The lowest BCUT2D eigenvalue weighted by Crippen LogP contribution is -2.30. The highest BCUT2D eigenvalue weighted by atomic mass is 32.1. The van der Waals surface area contributed by atoms with Crippen LogP contribution in [0.25, 0.3) is 0 Å². The van der Waals surface area contributed by atoms with Gasteiger partial charge in [0.2, 0.25) is 0 Å². The Kier molecular flexibility index (Phi) is 4.19. The summed E-state index contributed by atoms with van der Waals surface area (Å²) in [6.45, 7) is 0. The largest absolute Gasteiger partial charge is 0.494 e. The fourth-order valence-electron chi connectivity index (χ4n) is 1.66. The van der Waals surface area contributed by atoms with E-state index in [1.165, 1.54) is 18.6 Å². The zero-order valence-electron chi connectivity index (χ0n) is 9.76. The smallest absolute Gasteiger partial charge is 0.168 e. The SMILES string of the molecule is COc1cccc(CC(NN)c2csnn2)c1F. The molecule has 0 amide bonds. The van der Waals surface area contributed by atoms with Gasteiger partial charge in [-0.1, -0.05) is 16.6 Å². The molecule has 0 radical (unpaired) electrons. The van der Waals surface area contributed by atoms with Gasteiger partial charge in [0, 0.05) is 5.38 Å². The van der Waals surface area contributed by atoms with Gasteiger partial charge >= 0.3 is 0 Å². The first kappa shape index (κ1) is 12.9. The number of nitrogens with two attached hydrogens (primary N) is 1. The maximum atomic E-state index is 14.0. The van der Waals surface area contributed by atoms with Crippen molar-refractivity contribution in [2.45, 2.75) is 12.5 Å². The molecule has 0 saturated carbocycles. The van der Waals surface area contributed by atoms with E-state index >= 15 is 0 Å². The Balaban J connectivity index is 2.22. The van der Waals surface area contributed by atoms with E-state index in [2.05, 4.69) is 15.0 Å². The van der Waals surface area contributed by atoms with Crippen LogP contribution in [0.4, 0.5) is 4.39 Å². The lowest BCUT2D eigenvalue weighted by Gasteiger charge is -2.14. The molecule has 2 rings (SSSR count). The van der Waals surface area contributed by atoms with E-state index in [1.54, 1.807) is 23.6 Å². The molecule has 0 aliphatic carbocycles. The highest BCUT2D eigenvalue weighted by Crippen LogP contribution is 2.24. The van der Waals surface area contributed by atoms with Crippen molar-refractivity contribution in [1.29, 1.82) is 0 Å². The summed E-state index contributed by atoms with van der Waals surface area (Å²) >= 11 is 1.23. The van der Waals surface area contributed by atoms with Crippen molar-refractivity contribution in [1.82, 2.24) is 15.0 Å². The highest BCUT2D eigenvalue weighted by molar-refractivity contribution is 7.03. The van der Waals surface area contributed by atoms with Crippen molar-refractivity contribution in [2.24, 2.45) is 5.84 Å². The Morgan fingerprint density at radius 3 is 3.00 bits per heavy atom. The number of nitrogens with zero attached hydrogens (tertiary/aromatic N) is 2. The number of benzene rings is 1. The van der Waals surface area contributed by atoms with Crippen molar-refractivity contribution >= 4 is 11.5 Å². The second kappa shape index (κ2) is 5.85. The third kappa shape index (κ3) is 2.63. The zero-order valence-corrected chi connectivity index (χ0v) is 10.6. The van der Waals surface area contributed by atoms with Crippen molar-refractivity contribution in [3.63, 3.8) is 0 Å². The van der Waals surface area contributed by atoms with Gasteiger partial charge in [-0.25, -0.2) is 4.39 Å². The quantitative estimate of drug-likeness (QED) is 0.634. The molecule has 1 aromatic carbocycles. The monoisotopic (exact) mass is 268 g/mol. The molecule has 5 nitrogen and oxygen atoms in total. The van der Waals surface area contributed by atoms with E-state index < -0.39 is 0 Å². The molecular weight excluding hydrogens is 255 g/mol. The normalized spacial score (nSPS) is 12.4. The number of methoxy groups -OCH3 is 1. The third-order valence-corrected chi connectivity index (χ3v) is 3.15. The lowest BCUT2D eigenvalue weighted by atomic mass is 10.0. The summed E-state index contributed by atoms with van der Waals surface area (Å²) in [6, 6.07) is 4.74. The van der Waals surface area contributed by atoms with Crippen LogP contribution in [-0.4, -0.2) is 16.7 Å². The van der Waals surface area contributed by atoms with Crippen LogP contribution in [0.15, 0.2) is 23.6 Å². The summed E-state index contributed by atoms with van der Waals surface area (Å²) in [4.78, 5) is 0. The first-order chi connectivity index (χ1) is 8.76. The predicted octanol–water partition coefficient (Wildman–Crippen LogP) is 1.43. The predicted molar refractivity (Wildman–Crippen MR) is 66.6 cm³/mol. The minimum Gasteiger partial charge on any atom is -0.494 e. The molecule has 0 aliphatic heterocycles. The van der Waals surface area contributed by atoms with Crippen LogP contribution < -0.4 is 16.0 Å². The lowest BCUT2D eigenvalue weighted by molar-refractivity contribution is 0.382. The van der Waals surface area contributed by atoms with Crippen LogP contribution in [0, 0.1) is 5.82 Å². The van der Waals surface area contributed by atoms with Crippen LogP contribution in [0.1, 0.15) is 17.3 Å². The third-order valence-electron chi connectivity index (χ3n) is 2.62. The Morgan fingerprint density at radius 2 is 2.39 bits per heavy atom. The first-order valence-corrected chi connectivity index (χ1v) is 6.14. The summed E-state index contributed by atoms with van der Waals surface area (Å²) in [7, 11) is 1.44. The molecule has 0 aliphatic rings. The molecule has 0 saturated heterocycles. The molecule has 7 heteroatoms. The van der Waals surface area contributed by atoms with Gasteiger partial charge in [-0.05, 0) is 29.6 Å². The molecular formula is C11H13FN4OS. The highest BCUT2D eigenvalue weighted by Gasteiger charge is 2.17. The van der Waals surface area contributed by atoms with Crippen molar-refractivity contribution in [2.75, 3.05) is 7.11 Å². The number of halogens is 1. The van der Waals surface area contributed by atoms with Crippen molar-refractivity contribution < 1.29 is 9.13 Å². The van der Waals surface area contributed by atoms with Crippen LogP contribution >= 0.6 is 11.5 Å². The number of ether oxygens (including phenoxy) is 1. The molecule has 1 unspecified atom stereocenters. The number of rotatable bonds is 5. The van der Waals surface area contributed by atoms with Gasteiger partial charge < -0.3 is 4.74 Å². The van der Waals surface area contributed by atoms with Gasteiger partial charge in [-0.3, -0.25) is 11.3 Å². The van der Waals surface area contributed by atoms with Gasteiger partial charge in [-0.2, -0.15) is 0 Å². The molecule has 1 heterocycles. The number of hydrogen-bond acceptors (Lipinski definition) is 6. The first-order valence-electron chi connectivity index (χ1n) is 5.30. The van der Waals surface area contributed by atoms with Crippen LogP contribution in [0.3, 0.4) is 0 Å². The molecule has 0 fully saturated rings. The Hall–Kier alpha value is -1.57. The molecule has 0 spiro atoms. The van der Waals surface area contributed by atoms with Crippen LogP contribution in [0.2, 0.25) is 0 Å². The fraction of sp³-hybridized carbons (Fsp3) is 0.273. The molecule has 1 atom stereocenters. The molecule has 96 valence electrons. The average Bonchev–Trinajstić information content (AvgIpc) is 2.91. The van der Waals surface area contributed by atoms with E-state index in [0.717, 1.165) is 0 Å². The van der Waals surface area contributed by atoms with Crippen molar-refractivity contribution in [3.05, 3.63) is 40.7 Å². The molecule has 3 N–H and O–H groups in total. The van der Waals surface area contributed by atoms with Crippen LogP contribution in [0.5, 0.6) is 5.75 Å². The van der Waals surface area contributed by atoms with Gasteiger partial charge in [0.25, 0.3) is 0 Å². The Labute approximate surface area is 108 Å². The average molecular weight is 268 g/mol. The van der Waals surface area contributed by atoms with Gasteiger partial charge in [0.05, 0.1) is 18.8 Å². The molecule has 2 aromatic rings. The van der Waals surface area contributed by atoms with E-state index in [-0.39, 0.29) is 17.6 Å². The summed E-state index contributed by atoms with van der Waals surface area (Å²) in [5.41, 5.74) is 3.83. The maximum Gasteiger partial charge on any atom is 0.168 e. The Morgan fingerprint density at radius 1 is 1.56 bits per heavy atom. The number of nitrogens with one attached hydrogen (secondary N) is 1. The maximum absolute atomic E-state index is 14.0. The van der Waals surface area contributed by atoms with Gasteiger partial charge in [0.1, 0.15) is 0 Å². The van der Waals surface area contributed by atoms with Gasteiger partial charge in [0.15, 0.2) is 11.6 Å². The second-order valence-corrected chi connectivity index (χ2v) is 4.30. The summed E-state index contributed by atoms with van der Waals surface area (Å²) < 4.78 is 22.7. The number of hydrazine groups is 1. The topological polar surface area (TPSA) is 73.1 Å². The van der Waals surface area contributed by atoms with E-state index in [4.69, 9.17) is 10.6 Å². The van der Waals surface area contributed by atoms with Crippen molar-refractivity contribution in [3.8, 4) is 5.75 Å². The number of hydrogen-bond donors (Lipinski definition) is 2. The standard InChI is InChI=1S/C11H13FN4OS/c1-17-10-4-2-3-7(11(10)12)5-8(14-13)9-6-18-16-15-9/h2-4,6,8,14H,5,13H2,1H3. The van der Waals surface area contributed by atoms with E-state index in [0.29, 0.717) is 17.7 Å². The summed E-state index contributed by atoms with van der Waals surface area (Å²) in [5, 5.41) is 5.71. The Bertz CT molecular complexity index is 506. The van der Waals surface area contributed by atoms with E-state index in [1.807, 2.05) is 0 Å². The van der Waals surface area contributed by atoms with E-state index in [9.17, 15) is 4.39 Å². The minimum atomic E-state index is -0.372. The number of aromatic nitrogens is 2. The fourth-order valence-corrected chi connectivity index (χ4v) is 2.17. The zero-order chi connectivity index (χ0) is 13.0.